The van der Waals surface area contributed by atoms with Gasteiger partial charge in [-0.1, -0.05) is 18.2 Å². The molecule has 7 heteroatoms. The van der Waals surface area contributed by atoms with E-state index < -0.39 is 0 Å². The highest BCUT2D eigenvalue weighted by Gasteiger charge is 2.03. The minimum atomic E-state index is -0.112. The van der Waals surface area contributed by atoms with Gasteiger partial charge in [0.25, 0.3) is 0 Å². The average molecular weight is 427 g/mol. The van der Waals surface area contributed by atoms with E-state index in [0.29, 0.717) is 5.96 Å². The molecule has 2 aromatic rings. The third-order valence-corrected chi connectivity index (χ3v) is 3.03. The maximum atomic E-state index is 11.8. The number of para-hydroxylation sites is 1. The van der Waals surface area contributed by atoms with Crippen LogP contribution < -0.4 is 16.0 Å². The zero-order valence-electron chi connectivity index (χ0n) is 13.0. The van der Waals surface area contributed by atoms with Crippen molar-refractivity contribution in [3.63, 3.8) is 0 Å². The molecule has 0 spiro atoms. The number of carbonyl (C=O) groups excluding carboxylic acids is 1. The Labute approximate surface area is 153 Å². The number of aliphatic imine (C=N–C) groups is 1. The maximum absolute atomic E-state index is 11.8. The molecule has 0 radical (unpaired) electrons. The zero-order chi connectivity index (χ0) is 15.6. The Balaban J connectivity index is 0.00000264. The van der Waals surface area contributed by atoms with Gasteiger partial charge < -0.3 is 20.5 Å². The van der Waals surface area contributed by atoms with Crippen molar-refractivity contribution in [3.8, 4) is 0 Å². The van der Waals surface area contributed by atoms with Gasteiger partial charge in [-0.3, -0.25) is 9.79 Å². The Bertz CT molecular complexity index is 598. The van der Waals surface area contributed by atoms with Crippen molar-refractivity contribution < 1.29 is 4.79 Å². The van der Waals surface area contributed by atoms with Gasteiger partial charge in [0, 0.05) is 38.2 Å². The van der Waals surface area contributed by atoms with Crippen molar-refractivity contribution in [1.82, 2.24) is 15.2 Å². The van der Waals surface area contributed by atoms with E-state index in [2.05, 4.69) is 25.5 Å². The van der Waals surface area contributed by atoms with E-state index in [1.54, 1.807) is 7.05 Å². The number of halogens is 1. The molecule has 0 unspecified atom stereocenters. The van der Waals surface area contributed by atoms with Crippen LogP contribution in [0, 0.1) is 0 Å². The first-order chi connectivity index (χ1) is 10.8. The smallest absolute Gasteiger partial charge is 0.243 e. The van der Waals surface area contributed by atoms with Crippen LogP contribution in [0.5, 0.6) is 0 Å². The fourth-order valence-corrected chi connectivity index (χ4v) is 1.93. The lowest BCUT2D eigenvalue weighted by molar-refractivity contribution is -0.115. The quantitative estimate of drug-likeness (QED) is 0.375. The molecule has 1 amide bonds. The van der Waals surface area contributed by atoms with E-state index >= 15 is 0 Å². The number of hydrogen-bond donors (Lipinski definition) is 3. The number of guanidine groups is 1. The second-order valence-corrected chi connectivity index (χ2v) is 4.69. The van der Waals surface area contributed by atoms with Gasteiger partial charge >= 0.3 is 0 Å². The van der Waals surface area contributed by atoms with Gasteiger partial charge in [-0.15, -0.1) is 24.0 Å². The monoisotopic (exact) mass is 427 g/mol. The van der Waals surface area contributed by atoms with Crippen LogP contribution >= 0.6 is 24.0 Å². The largest absolute Gasteiger partial charge is 0.355 e. The first-order valence-corrected chi connectivity index (χ1v) is 7.18. The van der Waals surface area contributed by atoms with Gasteiger partial charge in [-0.25, -0.2) is 0 Å². The normalized spacial score (nSPS) is 10.6. The first kappa shape index (κ1) is 19.0. The molecule has 2 rings (SSSR count). The molecule has 0 saturated carbocycles. The highest BCUT2D eigenvalue weighted by Crippen LogP contribution is 2.03. The molecule has 0 aliphatic carbocycles. The summed E-state index contributed by atoms with van der Waals surface area (Å²) in [6.07, 6.45) is 4.01. The van der Waals surface area contributed by atoms with E-state index in [1.165, 1.54) is 0 Å². The predicted octanol–water partition coefficient (Wildman–Crippen LogP) is 1.91. The molecular weight excluding hydrogens is 405 g/mol. The minimum Gasteiger partial charge on any atom is -0.355 e. The molecule has 124 valence electrons. The molecule has 3 N–H and O–H groups in total. The number of carbonyl (C=O) groups is 1. The van der Waals surface area contributed by atoms with Crippen molar-refractivity contribution in [3.05, 3.63) is 54.9 Å². The molecule has 0 bridgehead atoms. The molecule has 0 aliphatic heterocycles. The molecule has 1 heterocycles. The zero-order valence-corrected chi connectivity index (χ0v) is 15.4. The summed E-state index contributed by atoms with van der Waals surface area (Å²) in [5.41, 5.74) is 0.782. The average Bonchev–Trinajstić information content (AvgIpc) is 3.05. The summed E-state index contributed by atoms with van der Waals surface area (Å²) in [6, 6.07) is 13.3. The van der Waals surface area contributed by atoms with Gasteiger partial charge in [-0.05, 0) is 24.3 Å². The van der Waals surface area contributed by atoms with Crippen LogP contribution in [0.25, 0.3) is 0 Å². The van der Waals surface area contributed by atoms with E-state index in [-0.39, 0.29) is 36.4 Å². The summed E-state index contributed by atoms with van der Waals surface area (Å²) in [7, 11) is 1.68. The van der Waals surface area contributed by atoms with Crippen molar-refractivity contribution in [2.75, 3.05) is 25.5 Å². The Kier molecular flexibility index (Phi) is 8.81. The van der Waals surface area contributed by atoms with E-state index in [4.69, 9.17) is 0 Å². The molecule has 1 aromatic carbocycles. The Morgan fingerprint density at radius 2 is 1.78 bits per heavy atom. The van der Waals surface area contributed by atoms with Gasteiger partial charge in [0.15, 0.2) is 5.96 Å². The van der Waals surface area contributed by atoms with Crippen molar-refractivity contribution in [1.29, 1.82) is 0 Å². The van der Waals surface area contributed by atoms with Gasteiger partial charge in [0.1, 0.15) is 0 Å². The van der Waals surface area contributed by atoms with Crippen LogP contribution in [0.1, 0.15) is 0 Å². The number of rotatable bonds is 6. The second-order valence-electron chi connectivity index (χ2n) is 4.69. The number of hydrogen-bond acceptors (Lipinski definition) is 2. The highest BCUT2D eigenvalue weighted by atomic mass is 127. The summed E-state index contributed by atoms with van der Waals surface area (Å²) >= 11 is 0. The molecule has 6 nitrogen and oxygen atoms in total. The van der Waals surface area contributed by atoms with Crippen LogP contribution in [0.4, 0.5) is 5.69 Å². The van der Waals surface area contributed by atoms with Crippen molar-refractivity contribution in [2.24, 2.45) is 4.99 Å². The standard InChI is InChI=1S/C16H21N5O.HI/c1-17-16(18-9-12-21-10-5-6-11-21)19-13-15(22)20-14-7-3-2-4-8-14;/h2-8,10-11H,9,12-13H2,1H3,(H,20,22)(H2,17,18,19);1H. The first-order valence-electron chi connectivity index (χ1n) is 7.18. The fraction of sp³-hybridized carbons (Fsp3) is 0.250. The Morgan fingerprint density at radius 3 is 2.43 bits per heavy atom. The number of nitrogens with one attached hydrogen (secondary N) is 3. The molecule has 0 atom stereocenters. The molecule has 0 saturated heterocycles. The molecule has 0 aliphatic rings. The van der Waals surface area contributed by atoms with E-state index in [9.17, 15) is 4.79 Å². The third kappa shape index (κ3) is 7.18. The minimum absolute atomic E-state index is 0. The van der Waals surface area contributed by atoms with E-state index in [0.717, 1.165) is 18.8 Å². The van der Waals surface area contributed by atoms with Gasteiger partial charge in [-0.2, -0.15) is 0 Å². The summed E-state index contributed by atoms with van der Waals surface area (Å²) < 4.78 is 2.07. The summed E-state index contributed by atoms with van der Waals surface area (Å²) in [5, 5.41) is 8.96. The number of amides is 1. The van der Waals surface area contributed by atoms with Crippen LogP contribution in [0.15, 0.2) is 59.9 Å². The lowest BCUT2D eigenvalue weighted by Crippen LogP contribution is -2.42. The molecule has 0 fully saturated rings. The maximum Gasteiger partial charge on any atom is 0.243 e. The lowest BCUT2D eigenvalue weighted by Gasteiger charge is -2.12. The highest BCUT2D eigenvalue weighted by molar-refractivity contribution is 14.0. The fourth-order valence-electron chi connectivity index (χ4n) is 1.93. The summed E-state index contributed by atoms with van der Waals surface area (Å²) in [6.45, 7) is 1.73. The van der Waals surface area contributed by atoms with E-state index in [1.807, 2.05) is 54.9 Å². The molecular formula is C16H22IN5O. The van der Waals surface area contributed by atoms with Crippen LogP contribution in [0.2, 0.25) is 0 Å². The Hall–Kier alpha value is -2.03. The lowest BCUT2D eigenvalue weighted by atomic mass is 10.3. The van der Waals surface area contributed by atoms with Crippen LogP contribution in [0.3, 0.4) is 0 Å². The number of aromatic nitrogens is 1. The molecule has 23 heavy (non-hydrogen) atoms. The summed E-state index contributed by atoms with van der Waals surface area (Å²) in [5.74, 6) is 0.495. The SMILES string of the molecule is CN=C(NCCn1cccc1)NCC(=O)Nc1ccccc1.I. The van der Waals surface area contributed by atoms with Gasteiger partial charge in [0.2, 0.25) is 5.91 Å². The third-order valence-electron chi connectivity index (χ3n) is 3.03. The number of nitrogens with zero attached hydrogens (tertiary/aromatic N) is 2. The summed E-state index contributed by atoms with van der Waals surface area (Å²) in [4.78, 5) is 15.9. The second kappa shape index (κ2) is 10.7. The van der Waals surface area contributed by atoms with Gasteiger partial charge in [0.05, 0.1) is 6.54 Å². The van der Waals surface area contributed by atoms with Crippen LogP contribution in [-0.2, 0) is 11.3 Å². The number of benzene rings is 1. The predicted molar refractivity (Wildman–Crippen MR) is 104 cm³/mol. The Morgan fingerprint density at radius 1 is 1.09 bits per heavy atom. The molecule has 1 aromatic heterocycles. The number of anilines is 1. The van der Waals surface area contributed by atoms with Crippen molar-refractivity contribution in [2.45, 2.75) is 6.54 Å². The van der Waals surface area contributed by atoms with Crippen LogP contribution in [-0.4, -0.2) is 36.6 Å². The topological polar surface area (TPSA) is 70.5 Å². The van der Waals surface area contributed by atoms with Crippen molar-refractivity contribution >= 4 is 41.5 Å².